The zero-order valence-electron chi connectivity index (χ0n) is 11.0. The molecule has 104 valence electrons. The smallest absolute Gasteiger partial charge is 0.224 e. The summed E-state index contributed by atoms with van der Waals surface area (Å²) in [6.45, 7) is 2.85. The largest absolute Gasteiger partial charge is 0.393 e. The van der Waals surface area contributed by atoms with Gasteiger partial charge >= 0.3 is 0 Å². The average molecular weight is 327 g/mol. The Balaban J connectivity index is 1.91. The van der Waals surface area contributed by atoms with Crippen LogP contribution in [0.5, 0.6) is 0 Å². The van der Waals surface area contributed by atoms with E-state index < -0.39 is 0 Å². The molecule has 0 aromatic carbocycles. The highest BCUT2D eigenvalue weighted by Gasteiger charge is 2.41. The van der Waals surface area contributed by atoms with Crippen LogP contribution in [0.3, 0.4) is 0 Å². The van der Waals surface area contributed by atoms with E-state index in [1.54, 1.807) is 0 Å². The topological polar surface area (TPSA) is 61.3 Å². The van der Waals surface area contributed by atoms with Gasteiger partial charge in [-0.1, -0.05) is 0 Å². The first-order chi connectivity index (χ1) is 9.19. The van der Waals surface area contributed by atoms with Crippen molar-refractivity contribution in [2.24, 2.45) is 0 Å². The third kappa shape index (κ3) is 2.43. The molecule has 2 unspecified atom stereocenters. The molecule has 2 saturated heterocycles. The molecule has 5 nitrogen and oxygen atoms in total. The molecule has 19 heavy (non-hydrogen) atoms. The molecule has 2 aliphatic heterocycles. The van der Waals surface area contributed by atoms with Crippen molar-refractivity contribution in [3.8, 4) is 0 Å². The van der Waals surface area contributed by atoms with Gasteiger partial charge in [-0.2, -0.15) is 4.98 Å². The van der Waals surface area contributed by atoms with Crippen LogP contribution in [0.15, 0.2) is 10.7 Å². The Hall–Kier alpha value is -0.880. The molecule has 2 atom stereocenters. The van der Waals surface area contributed by atoms with E-state index in [0.29, 0.717) is 18.0 Å². The molecule has 2 bridgehead atoms. The zero-order chi connectivity index (χ0) is 13.4. The molecule has 2 fully saturated rings. The van der Waals surface area contributed by atoms with Crippen LogP contribution in [0, 0.1) is 0 Å². The monoisotopic (exact) mass is 326 g/mol. The maximum Gasteiger partial charge on any atom is 0.224 e. The van der Waals surface area contributed by atoms with Gasteiger partial charge in [0, 0.05) is 24.8 Å². The molecular formula is C13H19BrN4O. The Morgan fingerprint density at radius 3 is 2.74 bits per heavy atom. The third-order valence-electron chi connectivity index (χ3n) is 4.01. The second-order valence-corrected chi connectivity index (χ2v) is 6.17. The molecule has 1 aromatic heterocycles. The summed E-state index contributed by atoms with van der Waals surface area (Å²) >= 11 is 3.56. The molecule has 6 heteroatoms. The predicted octanol–water partition coefficient (Wildman–Crippen LogP) is 2.16. The predicted molar refractivity (Wildman–Crippen MR) is 78.4 cm³/mol. The van der Waals surface area contributed by atoms with Crippen molar-refractivity contribution in [2.45, 2.75) is 50.8 Å². The second-order valence-electron chi connectivity index (χ2n) is 5.31. The molecule has 0 saturated carbocycles. The van der Waals surface area contributed by atoms with Gasteiger partial charge in [0.25, 0.3) is 0 Å². The van der Waals surface area contributed by atoms with Gasteiger partial charge in [-0.3, -0.25) is 0 Å². The molecule has 2 aliphatic rings. The third-order valence-corrected chi connectivity index (χ3v) is 4.57. The summed E-state index contributed by atoms with van der Waals surface area (Å²) < 4.78 is 0.933. The van der Waals surface area contributed by atoms with Gasteiger partial charge < -0.3 is 15.3 Å². The van der Waals surface area contributed by atoms with Gasteiger partial charge in [0.2, 0.25) is 5.95 Å². The molecule has 0 spiro atoms. The fourth-order valence-corrected chi connectivity index (χ4v) is 3.67. The van der Waals surface area contributed by atoms with Gasteiger partial charge in [-0.15, -0.1) is 0 Å². The first-order valence-electron chi connectivity index (χ1n) is 6.92. The van der Waals surface area contributed by atoms with Crippen molar-refractivity contribution in [1.29, 1.82) is 0 Å². The van der Waals surface area contributed by atoms with Gasteiger partial charge in [-0.05, 0) is 48.5 Å². The van der Waals surface area contributed by atoms with Crippen LogP contribution in [-0.2, 0) is 0 Å². The molecule has 0 amide bonds. The Labute approximate surface area is 121 Å². The Morgan fingerprint density at radius 2 is 2.11 bits per heavy atom. The highest BCUT2D eigenvalue weighted by atomic mass is 79.9. The number of aromatic nitrogens is 2. The number of piperidine rings is 1. The Kier molecular flexibility index (Phi) is 3.62. The van der Waals surface area contributed by atoms with Gasteiger partial charge in [0.1, 0.15) is 5.82 Å². The van der Waals surface area contributed by atoms with Gasteiger partial charge in [-0.25, -0.2) is 4.98 Å². The van der Waals surface area contributed by atoms with Crippen molar-refractivity contribution in [3.05, 3.63) is 10.7 Å². The van der Waals surface area contributed by atoms with Crippen molar-refractivity contribution in [2.75, 3.05) is 16.8 Å². The van der Waals surface area contributed by atoms with Crippen LogP contribution in [-0.4, -0.2) is 39.8 Å². The average Bonchev–Trinajstić information content (AvgIpc) is 2.64. The number of aliphatic hydroxyl groups is 1. The lowest BCUT2D eigenvalue weighted by Crippen LogP contribution is -2.45. The van der Waals surface area contributed by atoms with E-state index in [1.165, 1.54) is 0 Å². The Morgan fingerprint density at radius 1 is 1.42 bits per heavy atom. The summed E-state index contributed by atoms with van der Waals surface area (Å²) in [5, 5.41) is 13.0. The van der Waals surface area contributed by atoms with Crippen molar-refractivity contribution < 1.29 is 5.11 Å². The first kappa shape index (κ1) is 13.1. The summed E-state index contributed by atoms with van der Waals surface area (Å²) in [5.41, 5.74) is 0. The highest BCUT2D eigenvalue weighted by molar-refractivity contribution is 9.10. The second kappa shape index (κ2) is 5.25. The number of hydrogen-bond acceptors (Lipinski definition) is 5. The fourth-order valence-electron chi connectivity index (χ4n) is 3.28. The van der Waals surface area contributed by atoms with E-state index in [2.05, 4.69) is 36.1 Å². The van der Waals surface area contributed by atoms with Gasteiger partial charge in [0.05, 0.1) is 10.6 Å². The van der Waals surface area contributed by atoms with Crippen molar-refractivity contribution in [3.63, 3.8) is 0 Å². The minimum Gasteiger partial charge on any atom is -0.393 e. The summed E-state index contributed by atoms with van der Waals surface area (Å²) in [7, 11) is 0. The van der Waals surface area contributed by atoms with Crippen LogP contribution in [0.1, 0.15) is 32.6 Å². The molecule has 0 aliphatic carbocycles. The van der Waals surface area contributed by atoms with Crippen LogP contribution >= 0.6 is 15.9 Å². The molecule has 3 rings (SSSR count). The van der Waals surface area contributed by atoms with E-state index in [-0.39, 0.29) is 6.10 Å². The lowest BCUT2D eigenvalue weighted by molar-refractivity contribution is 0.126. The van der Waals surface area contributed by atoms with E-state index in [1.807, 2.05) is 13.1 Å². The summed E-state index contributed by atoms with van der Waals surface area (Å²) in [5.74, 6) is 1.64. The standard InChI is InChI=1S/C13H19BrN4O/c1-2-15-13-16-7-11(14)12(17-13)18-8-3-4-9(18)6-10(19)5-8/h7-10,19H,2-6H2,1H3,(H,15,16,17). The first-order valence-corrected chi connectivity index (χ1v) is 7.71. The molecule has 1 aromatic rings. The highest BCUT2D eigenvalue weighted by Crippen LogP contribution is 2.41. The SMILES string of the molecule is CCNc1ncc(Br)c(N2C3CCC2CC(O)C3)n1. The van der Waals surface area contributed by atoms with Crippen molar-refractivity contribution >= 4 is 27.7 Å². The van der Waals surface area contributed by atoms with Crippen LogP contribution in [0.4, 0.5) is 11.8 Å². The fraction of sp³-hybridized carbons (Fsp3) is 0.692. The van der Waals surface area contributed by atoms with E-state index in [9.17, 15) is 5.11 Å². The number of anilines is 2. The molecule has 0 radical (unpaired) electrons. The Bertz CT molecular complexity index is 456. The maximum atomic E-state index is 9.88. The minimum absolute atomic E-state index is 0.150. The molecule has 2 N–H and O–H groups in total. The number of fused-ring (bicyclic) bond motifs is 2. The van der Waals surface area contributed by atoms with Crippen LogP contribution < -0.4 is 10.2 Å². The lowest BCUT2D eigenvalue weighted by atomic mass is 10.00. The number of aliphatic hydroxyl groups excluding tert-OH is 1. The molecule has 3 heterocycles. The maximum absolute atomic E-state index is 9.88. The van der Waals surface area contributed by atoms with Crippen molar-refractivity contribution in [1.82, 2.24) is 9.97 Å². The van der Waals surface area contributed by atoms with E-state index in [0.717, 1.165) is 42.5 Å². The summed E-state index contributed by atoms with van der Waals surface area (Å²) in [4.78, 5) is 11.3. The number of hydrogen-bond donors (Lipinski definition) is 2. The van der Waals surface area contributed by atoms with Crippen LogP contribution in [0.25, 0.3) is 0 Å². The molecular weight excluding hydrogens is 308 g/mol. The number of halogens is 1. The number of nitrogens with one attached hydrogen (secondary N) is 1. The van der Waals surface area contributed by atoms with Crippen LogP contribution in [0.2, 0.25) is 0 Å². The quantitative estimate of drug-likeness (QED) is 0.891. The van der Waals surface area contributed by atoms with E-state index >= 15 is 0 Å². The minimum atomic E-state index is -0.150. The summed E-state index contributed by atoms with van der Waals surface area (Å²) in [6, 6.07) is 0.823. The van der Waals surface area contributed by atoms with E-state index in [4.69, 9.17) is 0 Å². The number of nitrogens with zero attached hydrogens (tertiary/aromatic N) is 3. The summed E-state index contributed by atoms with van der Waals surface area (Å²) in [6.07, 6.45) is 5.66. The van der Waals surface area contributed by atoms with Gasteiger partial charge in [0.15, 0.2) is 0 Å². The zero-order valence-corrected chi connectivity index (χ0v) is 12.6. The lowest BCUT2D eigenvalue weighted by Gasteiger charge is -2.38. The number of rotatable bonds is 3. The normalized spacial score (nSPS) is 29.6.